The number of benzene rings is 8. The second-order valence-corrected chi connectivity index (χ2v) is 14.7. The first-order valence-electron chi connectivity index (χ1n) is 19.2. The van der Waals surface area contributed by atoms with E-state index >= 15 is 0 Å². The zero-order valence-corrected chi connectivity index (χ0v) is 33.9. The molecule has 2 aliphatic carbocycles. The minimum absolute atomic E-state index is 1.01. The van der Waals surface area contributed by atoms with Gasteiger partial charge >= 0.3 is 0 Å². The lowest BCUT2D eigenvalue weighted by molar-refractivity contribution is 1.23. The Bertz CT molecular complexity index is 2500. The predicted octanol–water partition coefficient (Wildman–Crippen LogP) is 15.0. The molecule has 0 aliphatic heterocycles. The van der Waals surface area contributed by atoms with Gasteiger partial charge in [-0.25, -0.2) is 0 Å². The fraction of sp³-hybridized carbons (Fsp3) is 0.0943. The van der Waals surface area contributed by atoms with Gasteiger partial charge in [0.05, 0.1) is 0 Å². The molecule has 0 saturated carbocycles. The summed E-state index contributed by atoms with van der Waals surface area (Å²) in [5.74, 6) is 0. The molecular formula is C53H45NS2. The molecule has 274 valence electrons. The quantitative estimate of drug-likeness (QED) is 0.131. The van der Waals surface area contributed by atoms with Crippen LogP contribution in [0.5, 0.6) is 0 Å². The molecule has 8 aromatic carbocycles. The van der Waals surface area contributed by atoms with Crippen LogP contribution >= 0.6 is 23.3 Å². The van der Waals surface area contributed by atoms with Gasteiger partial charge in [0.2, 0.25) is 0 Å². The minimum atomic E-state index is 1.01. The Morgan fingerprint density at radius 2 is 0.696 bits per heavy atom. The second kappa shape index (κ2) is 16.5. The van der Waals surface area contributed by atoms with Crippen LogP contribution in [0.15, 0.2) is 182 Å². The summed E-state index contributed by atoms with van der Waals surface area (Å²) in [6, 6.07) is 66.4. The van der Waals surface area contributed by atoms with Gasteiger partial charge in [-0.05, 0) is 148 Å². The van der Waals surface area contributed by atoms with Crippen molar-refractivity contribution in [2.24, 2.45) is 0 Å². The van der Waals surface area contributed by atoms with Gasteiger partial charge in [-0.1, -0.05) is 151 Å². The summed E-state index contributed by atoms with van der Waals surface area (Å²) in [4.78, 5) is 2.42. The number of hydrogen-bond donors (Lipinski definition) is 2. The van der Waals surface area contributed by atoms with Crippen LogP contribution in [0.1, 0.15) is 38.9 Å². The van der Waals surface area contributed by atoms with E-state index in [1.54, 1.807) is 0 Å². The Kier molecular flexibility index (Phi) is 11.0. The average Bonchev–Trinajstić information content (AvgIpc) is 3.81. The maximum atomic E-state index is 3.22. The van der Waals surface area contributed by atoms with Gasteiger partial charge in [-0.3, -0.25) is 0 Å². The predicted molar refractivity (Wildman–Crippen MR) is 247 cm³/mol. The number of nitrogens with zero attached hydrogens (tertiary/aromatic N) is 1. The molecule has 2 aliphatic rings. The molecule has 0 heterocycles. The molecule has 0 unspecified atom stereocenters. The lowest BCUT2D eigenvalue weighted by Gasteiger charge is -2.27. The van der Waals surface area contributed by atoms with Gasteiger partial charge < -0.3 is 4.90 Å². The molecule has 0 N–H and O–H groups in total. The number of fused-ring (bicyclic) bond motifs is 6. The van der Waals surface area contributed by atoms with Crippen molar-refractivity contribution in [2.45, 2.75) is 33.6 Å². The van der Waals surface area contributed by atoms with Gasteiger partial charge in [-0.15, -0.1) is 23.3 Å². The van der Waals surface area contributed by atoms with Crippen LogP contribution in [0, 0.1) is 20.8 Å². The van der Waals surface area contributed by atoms with Crippen LogP contribution in [0.2, 0.25) is 0 Å². The maximum absolute atomic E-state index is 3.22. The summed E-state index contributed by atoms with van der Waals surface area (Å²) >= 11 is 6.44. The largest absolute Gasteiger partial charge is 0.310 e. The summed E-state index contributed by atoms with van der Waals surface area (Å²) in [5, 5.41) is 0. The zero-order valence-electron chi connectivity index (χ0n) is 32.1. The molecule has 0 aromatic heterocycles. The Morgan fingerprint density at radius 1 is 0.339 bits per heavy atom. The highest BCUT2D eigenvalue weighted by Gasteiger charge is 2.23. The number of aryl methyl sites for hydroxylation is 3. The van der Waals surface area contributed by atoms with E-state index in [0.29, 0.717) is 0 Å². The van der Waals surface area contributed by atoms with Crippen molar-refractivity contribution in [1.82, 2.24) is 0 Å². The third-order valence-corrected chi connectivity index (χ3v) is 11.2. The number of anilines is 3. The Labute approximate surface area is 342 Å². The van der Waals surface area contributed by atoms with Crippen LogP contribution in [-0.4, -0.2) is 0 Å². The lowest BCUT2D eigenvalue weighted by Crippen LogP contribution is -2.10. The molecule has 0 atom stereocenters. The van der Waals surface area contributed by atoms with Crippen molar-refractivity contribution in [3.63, 3.8) is 0 Å². The smallest absolute Gasteiger partial charge is 0.0468 e. The first-order chi connectivity index (χ1) is 27.5. The third kappa shape index (κ3) is 7.45. The molecular weight excluding hydrogens is 715 g/mol. The van der Waals surface area contributed by atoms with Gasteiger partial charge in [0, 0.05) is 17.1 Å². The molecule has 0 fully saturated rings. The van der Waals surface area contributed by atoms with Crippen molar-refractivity contribution in [3.8, 4) is 44.5 Å². The van der Waals surface area contributed by atoms with E-state index in [-0.39, 0.29) is 0 Å². The molecule has 0 saturated heterocycles. The zero-order chi connectivity index (χ0) is 38.6. The highest BCUT2D eigenvalue weighted by atomic mass is 33.1. The van der Waals surface area contributed by atoms with Crippen molar-refractivity contribution >= 4 is 40.4 Å². The van der Waals surface area contributed by atoms with Crippen molar-refractivity contribution in [2.75, 3.05) is 4.90 Å². The van der Waals surface area contributed by atoms with E-state index in [9.17, 15) is 0 Å². The molecule has 0 radical (unpaired) electrons. The van der Waals surface area contributed by atoms with E-state index in [4.69, 9.17) is 0 Å². The Morgan fingerprint density at radius 3 is 1.14 bits per heavy atom. The molecule has 1 nitrogen and oxygen atoms in total. The van der Waals surface area contributed by atoms with Crippen LogP contribution < -0.4 is 4.90 Å². The molecule has 0 amide bonds. The lowest BCUT2D eigenvalue weighted by atomic mass is 9.97. The summed E-state index contributed by atoms with van der Waals surface area (Å²) < 4.78 is 0. The second-order valence-electron chi connectivity index (χ2n) is 14.7. The van der Waals surface area contributed by atoms with Gasteiger partial charge in [0.15, 0.2) is 0 Å². The summed E-state index contributed by atoms with van der Waals surface area (Å²) in [7, 11) is 0. The van der Waals surface area contributed by atoms with E-state index in [1.807, 2.05) is 0 Å². The average molecular weight is 760 g/mol. The van der Waals surface area contributed by atoms with Crippen LogP contribution in [0.25, 0.3) is 44.5 Å². The highest BCUT2D eigenvalue weighted by molar-refractivity contribution is 8.59. The van der Waals surface area contributed by atoms with Crippen LogP contribution in [0.4, 0.5) is 17.1 Å². The van der Waals surface area contributed by atoms with E-state index in [2.05, 4.69) is 231 Å². The first kappa shape index (κ1) is 37.2. The van der Waals surface area contributed by atoms with Gasteiger partial charge in [0.1, 0.15) is 0 Å². The van der Waals surface area contributed by atoms with Crippen molar-refractivity contribution < 1.29 is 0 Å². The summed E-state index contributed by atoms with van der Waals surface area (Å²) in [5.41, 5.74) is 23.7. The number of rotatable bonds is 5. The van der Waals surface area contributed by atoms with Crippen LogP contribution in [0.3, 0.4) is 0 Å². The van der Waals surface area contributed by atoms with E-state index in [0.717, 1.165) is 18.5 Å². The topological polar surface area (TPSA) is 3.24 Å². The number of thiol groups is 2. The normalized spacial score (nSPS) is 11.5. The first-order valence-corrected chi connectivity index (χ1v) is 20.8. The molecule has 8 aromatic rings. The summed E-state index contributed by atoms with van der Waals surface area (Å²) in [6.07, 6.45) is 2.01. The fourth-order valence-electron chi connectivity index (χ4n) is 8.25. The maximum Gasteiger partial charge on any atom is 0.0468 e. The van der Waals surface area contributed by atoms with Crippen LogP contribution in [-0.2, 0) is 12.8 Å². The van der Waals surface area contributed by atoms with Crippen molar-refractivity contribution in [3.05, 3.63) is 221 Å². The SMILES string of the molecule is Cc1ccc(-c2ccc(N(c3ccc4c(c3)-c3ccccc3C4)c3ccc4c(c3)-c3ccccc3C4)cc2)cc1.Cc1ccccc1-c1ccccc1C.SS. The minimum Gasteiger partial charge on any atom is -0.310 e. The molecule has 56 heavy (non-hydrogen) atoms. The Balaban J connectivity index is 0.000000232. The summed E-state index contributed by atoms with van der Waals surface area (Å²) in [6.45, 7) is 6.44. The Hall–Kier alpha value is -5.74. The van der Waals surface area contributed by atoms with Gasteiger partial charge in [0.25, 0.3) is 0 Å². The molecule has 3 heteroatoms. The van der Waals surface area contributed by atoms with E-state index in [1.165, 1.54) is 94.8 Å². The fourth-order valence-corrected chi connectivity index (χ4v) is 8.25. The van der Waals surface area contributed by atoms with Gasteiger partial charge in [-0.2, -0.15) is 0 Å². The van der Waals surface area contributed by atoms with E-state index < -0.39 is 0 Å². The number of hydrogen-bond acceptors (Lipinski definition) is 3. The molecule has 0 spiro atoms. The monoisotopic (exact) mass is 759 g/mol. The third-order valence-electron chi connectivity index (χ3n) is 11.2. The standard InChI is InChI=1S/C39H29N.C14H14.H2S2/c1-26-10-12-27(13-11-26)28-14-18-33(19-15-28)40(34-20-16-31-22-29-6-2-4-8-36(29)38(31)24-34)35-21-17-32-23-30-7-3-5-9-37(30)39(32)25-35;1-11-7-3-5-9-13(11)14-10-6-4-8-12(14)2;1-2/h2-21,24-25H,22-23H2,1H3;3-10H,1-2H3;1-2H. The van der Waals surface area contributed by atoms with Crippen molar-refractivity contribution in [1.29, 1.82) is 0 Å². The molecule has 0 bridgehead atoms. The highest BCUT2D eigenvalue weighted by Crippen LogP contribution is 2.45. The molecule has 10 rings (SSSR count).